The second-order valence-electron chi connectivity index (χ2n) is 15.5. The topological polar surface area (TPSA) is 53.6 Å². The molecular weight excluding hydrogens is 717 g/mol. The highest BCUT2D eigenvalue weighted by molar-refractivity contribution is 7.13. The van der Waals surface area contributed by atoms with Gasteiger partial charge < -0.3 is 14.1 Å². The lowest BCUT2D eigenvalue weighted by atomic mass is 9.91. The largest absolute Gasteiger partial charge is 0.462 e. The van der Waals surface area contributed by atoms with Crippen molar-refractivity contribution in [3.05, 3.63) is 107 Å². The maximum atomic E-state index is 16.8. The number of fused-ring (bicyclic) bond motifs is 3. The number of likely N-dealkylation sites (tertiary alicyclic amines) is 1. The normalized spacial score (nSPS) is 21.7. The summed E-state index contributed by atoms with van der Waals surface area (Å²) < 4.78 is 74.1. The van der Waals surface area contributed by atoms with Gasteiger partial charge in [-0.05, 0) is 46.8 Å². The maximum Gasteiger partial charge on any atom is 0.282 e. The number of ether oxygens (including phenoxy) is 1. The number of nitrogens with zero attached hydrogens (tertiary/aromatic N) is 3. The molecule has 0 amide bonds. The second-order valence-corrected chi connectivity index (χ2v) is 20.8. The molecule has 2 aromatic heterocycles. The van der Waals surface area contributed by atoms with Crippen molar-refractivity contribution in [2.24, 2.45) is 0 Å². The van der Waals surface area contributed by atoms with E-state index < -0.39 is 57.4 Å². The molecule has 12 heteroatoms. The molecule has 0 unspecified atom stereocenters. The molecule has 282 valence electrons. The molecule has 6 nitrogen and oxygen atoms in total. The van der Waals surface area contributed by atoms with E-state index in [-0.39, 0.29) is 17.8 Å². The molecule has 0 radical (unpaired) electrons. The van der Waals surface area contributed by atoms with Gasteiger partial charge in [0.1, 0.15) is 6.10 Å². The maximum absolute atomic E-state index is 16.8. The van der Waals surface area contributed by atoms with Crippen LogP contribution in [0.25, 0.3) is 10.9 Å². The highest BCUT2D eigenvalue weighted by Crippen LogP contribution is 2.45. The number of rotatable bonds is 13. The summed E-state index contributed by atoms with van der Waals surface area (Å²) >= 11 is 1.26. The number of hydrogen-bond acceptors (Lipinski definition) is 6. The quantitative estimate of drug-likeness (QED) is 0.0976. The van der Waals surface area contributed by atoms with Crippen LogP contribution in [0.3, 0.4) is 0 Å². The number of H-pyrrole nitrogens is 1. The van der Waals surface area contributed by atoms with E-state index in [2.05, 4.69) is 36.8 Å². The molecule has 1 fully saturated rings. The van der Waals surface area contributed by atoms with E-state index in [1.807, 2.05) is 95.6 Å². The Balaban J connectivity index is 1.20. The second kappa shape index (κ2) is 15.3. The fourth-order valence-corrected chi connectivity index (χ4v) is 13.8. The van der Waals surface area contributed by atoms with Gasteiger partial charge >= 0.3 is 0 Å². The monoisotopic (exact) mass is 764 g/mol. The average Bonchev–Trinajstić information content (AvgIpc) is 3.85. The van der Waals surface area contributed by atoms with Crippen molar-refractivity contribution >= 4 is 40.9 Å². The number of thiazole rings is 1. The lowest BCUT2D eigenvalue weighted by molar-refractivity contribution is -0.0818. The van der Waals surface area contributed by atoms with Crippen LogP contribution in [0, 0.1) is 0 Å². The summed E-state index contributed by atoms with van der Waals surface area (Å²) in [5.41, 5.74) is 2.89. The zero-order valence-corrected chi connectivity index (χ0v) is 32.5. The van der Waals surface area contributed by atoms with Gasteiger partial charge in [-0.1, -0.05) is 111 Å². The summed E-state index contributed by atoms with van der Waals surface area (Å²) in [5, 5.41) is 2.80. The van der Waals surface area contributed by atoms with Crippen molar-refractivity contribution in [3.8, 4) is 5.19 Å². The average molecular weight is 765 g/mol. The minimum Gasteiger partial charge on any atom is -0.462 e. The first-order chi connectivity index (χ1) is 25.4. The summed E-state index contributed by atoms with van der Waals surface area (Å²) in [7, 11) is -3.22. The van der Waals surface area contributed by atoms with E-state index in [0.29, 0.717) is 25.9 Å². The Bertz CT molecular complexity index is 1930. The third-order valence-electron chi connectivity index (χ3n) is 10.8. The number of hydrogen-bond donors (Lipinski definition) is 1. The third kappa shape index (κ3) is 7.58. The molecule has 1 N–H and O–H groups in total. The Morgan fingerprint density at radius 3 is 2.26 bits per heavy atom. The van der Waals surface area contributed by atoms with Crippen LogP contribution >= 0.6 is 11.3 Å². The minimum atomic E-state index is -3.22. The van der Waals surface area contributed by atoms with Crippen LogP contribution in [0.5, 0.6) is 5.19 Å². The Morgan fingerprint density at radius 2 is 1.60 bits per heavy atom. The summed E-state index contributed by atoms with van der Waals surface area (Å²) in [4.78, 5) is 12.5. The summed E-state index contributed by atoms with van der Waals surface area (Å²) in [5.74, 6) is -3.22. The number of alkyl halides is 4. The van der Waals surface area contributed by atoms with Gasteiger partial charge in [-0.15, -0.1) is 0 Å². The lowest BCUT2D eigenvalue weighted by Gasteiger charge is -2.45. The standard InChI is InChI=1S/C41H48F4N4O2SSi/c1-28-22-32-31-18-11-12-19-34(31)47-37(32)38(36-23-46-39(52-36)51-35-25-48(21-13-20-42)24-33(35)43)49(28)26-41(44,45)27-50-53(40(2,3)4,29-14-7-5-8-15-29)30-16-9-6-10-17-30/h5-12,14-19,23,28,33,35,38,47H,13,20-22,24-27H2,1-4H3/t28-,33-,35+,38-/m1/s1. The molecule has 2 aliphatic rings. The molecule has 4 atom stereocenters. The zero-order chi connectivity index (χ0) is 37.4. The molecular formula is C41H48F4N4O2SSi. The van der Waals surface area contributed by atoms with E-state index in [4.69, 9.17) is 9.16 Å². The van der Waals surface area contributed by atoms with Crippen molar-refractivity contribution in [1.29, 1.82) is 0 Å². The molecule has 0 saturated carbocycles. The van der Waals surface area contributed by atoms with Crippen molar-refractivity contribution < 1.29 is 26.7 Å². The predicted octanol–water partition coefficient (Wildman–Crippen LogP) is 7.93. The van der Waals surface area contributed by atoms with Crippen LogP contribution < -0.4 is 15.1 Å². The number of aromatic amines is 1. The van der Waals surface area contributed by atoms with Crippen molar-refractivity contribution in [2.45, 2.75) is 75.9 Å². The predicted molar refractivity (Wildman–Crippen MR) is 207 cm³/mol. The molecule has 7 rings (SSSR count). The molecule has 0 aliphatic carbocycles. The van der Waals surface area contributed by atoms with Gasteiger partial charge in [-0.3, -0.25) is 14.2 Å². The van der Waals surface area contributed by atoms with Gasteiger partial charge in [0.25, 0.3) is 19.4 Å². The number of halogens is 4. The van der Waals surface area contributed by atoms with E-state index in [1.54, 1.807) is 6.20 Å². The molecule has 1 saturated heterocycles. The first-order valence-corrected chi connectivity index (χ1v) is 21.2. The number of benzene rings is 3. The molecule has 0 bridgehead atoms. The van der Waals surface area contributed by atoms with E-state index >= 15 is 8.78 Å². The fraction of sp³-hybridized carbons (Fsp3) is 0.439. The Hall–Kier alpha value is -3.55. The lowest BCUT2D eigenvalue weighted by Crippen LogP contribution is -2.67. The summed E-state index contributed by atoms with van der Waals surface area (Å²) in [6.07, 6.45) is 0.635. The van der Waals surface area contributed by atoms with Crippen LogP contribution in [0.1, 0.15) is 56.3 Å². The Labute approximate surface area is 314 Å². The molecule has 53 heavy (non-hydrogen) atoms. The van der Waals surface area contributed by atoms with E-state index in [1.165, 1.54) is 11.3 Å². The summed E-state index contributed by atoms with van der Waals surface area (Å²) in [6.45, 7) is 7.49. The molecule has 4 heterocycles. The summed E-state index contributed by atoms with van der Waals surface area (Å²) in [6, 6.07) is 26.9. The zero-order valence-electron chi connectivity index (χ0n) is 30.7. The minimum absolute atomic E-state index is 0.181. The van der Waals surface area contributed by atoms with E-state index in [0.717, 1.165) is 37.4 Å². The van der Waals surface area contributed by atoms with Gasteiger partial charge in [-0.2, -0.15) is 0 Å². The molecule has 2 aliphatic heterocycles. The highest BCUT2D eigenvalue weighted by Gasteiger charge is 2.52. The van der Waals surface area contributed by atoms with Crippen LogP contribution in [-0.2, 0) is 10.8 Å². The molecule has 0 spiro atoms. The Morgan fingerprint density at radius 1 is 0.943 bits per heavy atom. The van der Waals surface area contributed by atoms with Crippen molar-refractivity contribution in [2.75, 3.05) is 39.5 Å². The van der Waals surface area contributed by atoms with Crippen LogP contribution in [0.4, 0.5) is 17.6 Å². The molecule has 5 aromatic rings. The Kier molecular flexibility index (Phi) is 10.9. The van der Waals surface area contributed by atoms with Gasteiger partial charge in [-0.25, -0.2) is 18.2 Å². The third-order valence-corrected chi connectivity index (χ3v) is 16.7. The van der Waals surface area contributed by atoms with Gasteiger partial charge in [0, 0.05) is 48.5 Å². The SMILES string of the molecule is C[C@@H]1Cc2c([nH]c3ccccc23)[C@@H](c2cnc(O[C@H]3CN(CCCF)C[C@H]3F)s2)N1CC(F)(F)CO[Si](c1ccccc1)(c1ccccc1)C(C)(C)C. The number of para-hydroxylation sites is 1. The number of nitrogens with one attached hydrogen (secondary N) is 1. The van der Waals surface area contributed by atoms with Gasteiger partial charge in [0.05, 0.1) is 30.7 Å². The van der Waals surface area contributed by atoms with Crippen molar-refractivity contribution in [1.82, 2.24) is 19.8 Å². The van der Waals surface area contributed by atoms with Crippen LogP contribution in [0.15, 0.2) is 91.1 Å². The fourth-order valence-electron chi connectivity index (χ4n) is 8.31. The smallest absolute Gasteiger partial charge is 0.282 e. The van der Waals surface area contributed by atoms with Crippen LogP contribution in [0.2, 0.25) is 5.04 Å². The van der Waals surface area contributed by atoms with Gasteiger partial charge in [0.2, 0.25) is 0 Å². The van der Waals surface area contributed by atoms with E-state index in [9.17, 15) is 8.78 Å². The van der Waals surface area contributed by atoms with Gasteiger partial charge in [0.15, 0.2) is 6.17 Å². The van der Waals surface area contributed by atoms with Crippen molar-refractivity contribution in [3.63, 3.8) is 0 Å². The first kappa shape index (κ1) is 37.7. The highest BCUT2D eigenvalue weighted by atomic mass is 32.1. The van der Waals surface area contributed by atoms with Crippen LogP contribution in [-0.4, -0.2) is 91.8 Å². The first-order valence-electron chi connectivity index (χ1n) is 18.4. The number of aromatic nitrogens is 2. The molecule has 3 aromatic carbocycles.